The third-order valence-corrected chi connectivity index (χ3v) is 5.51. The minimum Gasteiger partial charge on any atom is -0.316 e. The van der Waals surface area contributed by atoms with Gasteiger partial charge in [0.2, 0.25) is 0 Å². The van der Waals surface area contributed by atoms with Crippen LogP contribution in [-0.4, -0.2) is 24.6 Å². The first-order valence-electron chi connectivity index (χ1n) is 5.59. The first-order valence-corrected chi connectivity index (χ1v) is 8.42. The lowest BCUT2D eigenvalue weighted by Crippen LogP contribution is -2.30. The van der Waals surface area contributed by atoms with E-state index in [2.05, 4.69) is 65.4 Å². The van der Waals surface area contributed by atoms with Gasteiger partial charge in [-0.15, -0.1) is 11.3 Å². The van der Waals surface area contributed by atoms with Crippen molar-refractivity contribution >= 4 is 39.0 Å². The predicted molar refractivity (Wildman–Crippen MR) is 80.7 cm³/mol. The molecule has 92 valence electrons. The van der Waals surface area contributed by atoms with Crippen LogP contribution in [0.4, 0.5) is 0 Å². The number of halogens is 1. The van der Waals surface area contributed by atoms with E-state index in [-0.39, 0.29) is 0 Å². The Balaban J connectivity index is 2.31. The number of thioether (sulfide) groups is 1. The molecule has 0 saturated carbocycles. The zero-order valence-corrected chi connectivity index (χ0v) is 13.3. The van der Waals surface area contributed by atoms with Crippen molar-refractivity contribution in [3.63, 3.8) is 0 Å². The zero-order chi connectivity index (χ0) is 12.0. The van der Waals surface area contributed by atoms with Crippen LogP contribution in [0, 0.1) is 5.92 Å². The van der Waals surface area contributed by atoms with Crippen molar-refractivity contribution in [2.45, 2.75) is 26.3 Å². The van der Waals surface area contributed by atoms with Crippen molar-refractivity contribution in [1.82, 2.24) is 5.32 Å². The molecule has 1 atom stereocenters. The minimum atomic E-state index is 0.592. The maximum absolute atomic E-state index is 3.50. The van der Waals surface area contributed by atoms with Gasteiger partial charge in [-0.1, -0.05) is 13.8 Å². The fourth-order valence-corrected chi connectivity index (χ4v) is 4.10. The summed E-state index contributed by atoms with van der Waals surface area (Å²) >= 11 is 7.39. The average Bonchev–Trinajstić information content (AvgIpc) is 2.62. The molecule has 1 heterocycles. The SMILES string of the molecule is CNC(CSCC(C)C)Cc1cc(Br)cs1. The van der Waals surface area contributed by atoms with Crippen LogP contribution in [-0.2, 0) is 6.42 Å². The van der Waals surface area contributed by atoms with Gasteiger partial charge in [0, 0.05) is 26.5 Å². The van der Waals surface area contributed by atoms with Gasteiger partial charge in [-0.2, -0.15) is 11.8 Å². The second-order valence-electron chi connectivity index (χ2n) is 4.35. The van der Waals surface area contributed by atoms with Crippen LogP contribution in [0.25, 0.3) is 0 Å². The topological polar surface area (TPSA) is 12.0 Å². The highest BCUT2D eigenvalue weighted by atomic mass is 79.9. The molecule has 0 aromatic carbocycles. The second-order valence-corrected chi connectivity index (χ2v) is 7.34. The smallest absolute Gasteiger partial charge is 0.0285 e. The molecule has 0 bridgehead atoms. The first-order chi connectivity index (χ1) is 7.61. The van der Waals surface area contributed by atoms with Crippen LogP contribution in [0.2, 0.25) is 0 Å². The number of hydrogen-bond donors (Lipinski definition) is 1. The van der Waals surface area contributed by atoms with E-state index in [9.17, 15) is 0 Å². The molecule has 4 heteroatoms. The normalized spacial score (nSPS) is 13.3. The van der Waals surface area contributed by atoms with Crippen LogP contribution >= 0.6 is 39.0 Å². The van der Waals surface area contributed by atoms with Crippen molar-refractivity contribution in [3.8, 4) is 0 Å². The molecule has 0 saturated heterocycles. The molecule has 0 aliphatic rings. The Morgan fingerprint density at radius 1 is 1.44 bits per heavy atom. The van der Waals surface area contributed by atoms with Crippen LogP contribution in [0.3, 0.4) is 0 Å². The van der Waals surface area contributed by atoms with Gasteiger partial charge in [0.25, 0.3) is 0 Å². The minimum absolute atomic E-state index is 0.592. The first kappa shape index (κ1) is 14.6. The number of thiophene rings is 1. The lowest BCUT2D eigenvalue weighted by atomic mass is 10.2. The second kappa shape index (κ2) is 7.75. The summed E-state index contributed by atoms with van der Waals surface area (Å²) in [5.74, 6) is 3.25. The highest BCUT2D eigenvalue weighted by molar-refractivity contribution is 9.10. The van der Waals surface area contributed by atoms with E-state index >= 15 is 0 Å². The summed E-state index contributed by atoms with van der Waals surface area (Å²) in [5.41, 5.74) is 0. The van der Waals surface area contributed by atoms with E-state index < -0.39 is 0 Å². The van der Waals surface area contributed by atoms with E-state index in [1.54, 1.807) is 0 Å². The Bertz CT molecular complexity index is 299. The van der Waals surface area contributed by atoms with E-state index in [1.807, 2.05) is 11.3 Å². The standard InChI is InChI=1S/C12H20BrNS2/c1-9(2)6-15-8-11(14-3)5-12-4-10(13)7-16-12/h4,7,9,11,14H,5-6,8H2,1-3H3. The van der Waals surface area contributed by atoms with E-state index in [1.165, 1.54) is 20.9 Å². The fraction of sp³-hybridized carbons (Fsp3) is 0.667. The molecular formula is C12H20BrNS2. The van der Waals surface area contributed by atoms with Gasteiger partial charge in [-0.3, -0.25) is 0 Å². The molecule has 1 N–H and O–H groups in total. The molecule has 16 heavy (non-hydrogen) atoms. The van der Waals surface area contributed by atoms with Crippen molar-refractivity contribution in [1.29, 1.82) is 0 Å². The Hall–Kier alpha value is 0.490. The van der Waals surface area contributed by atoms with Gasteiger partial charge < -0.3 is 5.32 Å². The summed E-state index contributed by atoms with van der Waals surface area (Å²) in [7, 11) is 2.06. The van der Waals surface area contributed by atoms with Crippen LogP contribution in [0.5, 0.6) is 0 Å². The quantitative estimate of drug-likeness (QED) is 0.813. The maximum Gasteiger partial charge on any atom is 0.0285 e. The van der Waals surface area contributed by atoms with Crippen molar-refractivity contribution in [2.24, 2.45) is 5.92 Å². The van der Waals surface area contributed by atoms with Gasteiger partial charge >= 0.3 is 0 Å². The van der Waals surface area contributed by atoms with E-state index in [0.717, 1.165) is 12.3 Å². The number of likely N-dealkylation sites (N-methyl/N-ethyl adjacent to an activating group) is 1. The van der Waals surface area contributed by atoms with Gasteiger partial charge in [0.05, 0.1) is 0 Å². The van der Waals surface area contributed by atoms with Crippen molar-refractivity contribution < 1.29 is 0 Å². The third-order valence-electron chi connectivity index (χ3n) is 2.25. The fourth-order valence-electron chi connectivity index (χ4n) is 1.39. The monoisotopic (exact) mass is 321 g/mol. The molecule has 1 rings (SSSR count). The summed E-state index contributed by atoms with van der Waals surface area (Å²) in [6.07, 6.45) is 1.14. The summed E-state index contributed by atoms with van der Waals surface area (Å²) < 4.78 is 1.21. The van der Waals surface area contributed by atoms with Gasteiger partial charge in [-0.25, -0.2) is 0 Å². The summed E-state index contributed by atoms with van der Waals surface area (Å²) in [6.45, 7) is 4.55. The Morgan fingerprint density at radius 3 is 2.69 bits per heavy atom. The number of nitrogens with one attached hydrogen (secondary N) is 1. The Kier molecular flexibility index (Phi) is 7.04. The lowest BCUT2D eigenvalue weighted by molar-refractivity contribution is 0.620. The lowest BCUT2D eigenvalue weighted by Gasteiger charge is -2.15. The molecule has 1 unspecified atom stereocenters. The Morgan fingerprint density at radius 2 is 2.19 bits per heavy atom. The highest BCUT2D eigenvalue weighted by Gasteiger charge is 2.09. The third kappa shape index (κ3) is 5.71. The predicted octanol–water partition coefficient (Wildman–Crippen LogP) is 4.03. The summed E-state index contributed by atoms with van der Waals surface area (Å²) in [6, 6.07) is 2.82. The molecule has 0 aliphatic heterocycles. The zero-order valence-electron chi connectivity index (χ0n) is 10.1. The molecule has 1 aromatic heterocycles. The maximum atomic E-state index is 3.50. The molecular weight excluding hydrogens is 302 g/mol. The van der Waals surface area contributed by atoms with E-state index in [4.69, 9.17) is 0 Å². The van der Waals surface area contributed by atoms with E-state index in [0.29, 0.717) is 6.04 Å². The average molecular weight is 322 g/mol. The molecule has 0 spiro atoms. The van der Waals surface area contributed by atoms with Crippen LogP contribution in [0.1, 0.15) is 18.7 Å². The molecule has 0 aliphatic carbocycles. The molecule has 1 nitrogen and oxygen atoms in total. The molecule has 1 aromatic rings. The highest BCUT2D eigenvalue weighted by Crippen LogP contribution is 2.22. The summed E-state index contributed by atoms with van der Waals surface area (Å²) in [4.78, 5) is 1.45. The van der Waals surface area contributed by atoms with Crippen LogP contribution < -0.4 is 5.32 Å². The van der Waals surface area contributed by atoms with Crippen molar-refractivity contribution in [2.75, 3.05) is 18.6 Å². The van der Waals surface area contributed by atoms with Crippen LogP contribution in [0.15, 0.2) is 15.9 Å². The van der Waals surface area contributed by atoms with Crippen molar-refractivity contribution in [3.05, 3.63) is 20.8 Å². The Labute approximate surface area is 116 Å². The van der Waals surface area contributed by atoms with Gasteiger partial charge in [0.15, 0.2) is 0 Å². The van der Waals surface area contributed by atoms with Gasteiger partial charge in [0.1, 0.15) is 0 Å². The molecule has 0 amide bonds. The number of rotatable bonds is 7. The largest absolute Gasteiger partial charge is 0.316 e. The summed E-state index contributed by atoms with van der Waals surface area (Å²) in [5, 5.41) is 5.56. The molecule has 0 fully saturated rings. The molecule has 0 radical (unpaired) electrons. The number of hydrogen-bond acceptors (Lipinski definition) is 3. The van der Waals surface area contributed by atoms with Gasteiger partial charge in [-0.05, 0) is 47.1 Å².